The predicted molar refractivity (Wildman–Crippen MR) is 76.9 cm³/mol. The first kappa shape index (κ1) is 11.9. The van der Waals surface area contributed by atoms with Gasteiger partial charge >= 0.3 is 0 Å². The summed E-state index contributed by atoms with van der Waals surface area (Å²) in [5.41, 5.74) is 0.654. The average Bonchev–Trinajstić information content (AvgIpc) is 2.91. The molecule has 0 aliphatic heterocycles. The van der Waals surface area contributed by atoms with Crippen molar-refractivity contribution in [2.45, 2.75) is 0 Å². The molecule has 3 aromatic rings. The second-order valence-corrected chi connectivity index (χ2v) is 4.85. The Labute approximate surface area is 117 Å². The zero-order valence-electron chi connectivity index (χ0n) is 9.71. The van der Waals surface area contributed by atoms with Crippen molar-refractivity contribution in [2.24, 2.45) is 4.99 Å². The molecule has 0 aliphatic carbocycles. The Morgan fingerprint density at radius 2 is 2.16 bits per heavy atom. The third-order valence-electron chi connectivity index (χ3n) is 2.72. The van der Waals surface area contributed by atoms with E-state index >= 15 is 0 Å². The Bertz CT molecular complexity index is 753. The van der Waals surface area contributed by atoms with Gasteiger partial charge in [-0.15, -0.1) is 0 Å². The van der Waals surface area contributed by atoms with Crippen molar-refractivity contribution in [3.8, 4) is 5.75 Å². The zero-order chi connectivity index (χ0) is 13.2. The summed E-state index contributed by atoms with van der Waals surface area (Å²) >= 11 is 3.43. The number of nitrogens with zero attached hydrogens (tertiary/aromatic N) is 3. The van der Waals surface area contributed by atoms with Gasteiger partial charge in [0.05, 0.1) is 0 Å². The smallest absolute Gasteiger partial charge is 0.245 e. The summed E-state index contributed by atoms with van der Waals surface area (Å²) in [6.07, 6.45) is 2.96. The molecule has 0 bridgehead atoms. The lowest BCUT2D eigenvalue weighted by Crippen LogP contribution is -1.86. The van der Waals surface area contributed by atoms with Crippen LogP contribution in [-0.4, -0.2) is 26.5 Å². The number of fused-ring (bicyclic) bond motifs is 1. The molecule has 2 aromatic carbocycles. The van der Waals surface area contributed by atoms with E-state index in [1.807, 2.05) is 24.3 Å². The maximum Gasteiger partial charge on any atom is 0.245 e. The summed E-state index contributed by atoms with van der Waals surface area (Å²) in [7, 11) is 0. The highest BCUT2D eigenvalue weighted by Gasteiger charge is 2.05. The summed E-state index contributed by atoms with van der Waals surface area (Å²) in [5.74, 6) is 0.576. The van der Waals surface area contributed by atoms with Crippen molar-refractivity contribution in [3.05, 3.63) is 46.7 Å². The topological polar surface area (TPSA) is 74.2 Å². The molecule has 3 rings (SSSR count). The van der Waals surface area contributed by atoms with Crippen LogP contribution in [-0.2, 0) is 0 Å². The van der Waals surface area contributed by atoms with Gasteiger partial charge < -0.3 is 5.11 Å². The van der Waals surface area contributed by atoms with Gasteiger partial charge in [0, 0.05) is 16.3 Å². The highest BCUT2D eigenvalue weighted by Crippen LogP contribution is 2.28. The van der Waals surface area contributed by atoms with E-state index < -0.39 is 0 Å². The van der Waals surface area contributed by atoms with Crippen molar-refractivity contribution in [1.29, 1.82) is 0 Å². The van der Waals surface area contributed by atoms with Crippen molar-refractivity contribution in [1.82, 2.24) is 15.2 Å². The normalized spacial score (nSPS) is 11.4. The van der Waals surface area contributed by atoms with E-state index in [-0.39, 0.29) is 5.75 Å². The standard InChI is InChI=1S/C13H9BrN4O/c14-9-2-3-10-8(5-9)1-4-12(19)11(10)6-15-13-16-7-17-18-13/h1-7,19H,(H,16,17,18)/b15-6+. The fourth-order valence-electron chi connectivity index (χ4n) is 1.84. The molecule has 1 heterocycles. The number of benzene rings is 2. The van der Waals surface area contributed by atoms with Crippen LogP contribution in [0.4, 0.5) is 5.95 Å². The summed E-state index contributed by atoms with van der Waals surface area (Å²) in [5, 5.41) is 18.2. The van der Waals surface area contributed by atoms with Gasteiger partial charge in [0.1, 0.15) is 12.1 Å². The first-order valence-electron chi connectivity index (χ1n) is 5.55. The van der Waals surface area contributed by atoms with Gasteiger partial charge in [-0.05, 0) is 29.0 Å². The number of phenols is 1. The largest absolute Gasteiger partial charge is 0.507 e. The SMILES string of the molecule is Oc1ccc2cc(Br)ccc2c1/C=N/c1ncn[nH]1. The maximum atomic E-state index is 9.96. The van der Waals surface area contributed by atoms with E-state index in [1.165, 1.54) is 6.33 Å². The van der Waals surface area contributed by atoms with Gasteiger partial charge in [0.2, 0.25) is 5.95 Å². The molecule has 6 heteroatoms. The van der Waals surface area contributed by atoms with Crippen LogP contribution >= 0.6 is 15.9 Å². The number of H-pyrrole nitrogens is 1. The van der Waals surface area contributed by atoms with Crippen LogP contribution in [0, 0.1) is 0 Å². The predicted octanol–water partition coefficient (Wildman–Crippen LogP) is 3.18. The monoisotopic (exact) mass is 316 g/mol. The highest BCUT2D eigenvalue weighted by atomic mass is 79.9. The number of phenolic OH excluding ortho intramolecular Hbond substituents is 1. The van der Waals surface area contributed by atoms with Crippen molar-refractivity contribution < 1.29 is 5.11 Å². The fraction of sp³-hybridized carbons (Fsp3) is 0. The lowest BCUT2D eigenvalue weighted by atomic mass is 10.0. The number of hydrogen-bond donors (Lipinski definition) is 2. The van der Waals surface area contributed by atoms with Crippen LogP contribution in [0.1, 0.15) is 5.56 Å². The molecule has 0 saturated carbocycles. The molecule has 5 nitrogen and oxygen atoms in total. The fourth-order valence-corrected chi connectivity index (χ4v) is 2.21. The highest BCUT2D eigenvalue weighted by molar-refractivity contribution is 9.10. The number of aromatic hydroxyl groups is 1. The van der Waals surface area contributed by atoms with Gasteiger partial charge in [0.25, 0.3) is 0 Å². The number of hydrogen-bond acceptors (Lipinski definition) is 4. The van der Waals surface area contributed by atoms with Gasteiger partial charge in [-0.2, -0.15) is 10.1 Å². The van der Waals surface area contributed by atoms with E-state index in [0.717, 1.165) is 15.2 Å². The zero-order valence-corrected chi connectivity index (χ0v) is 11.3. The third-order valence-corrected chi connectivity index (χ3v) is 3.21. The number of nitrogens with one attached hydrogen (secondary N) is 1. The van der Waals surface area contributed by atoms with Gasteiger partial charge in [0.15, 0.2) is 0 Å². The molecule has 0 unspecified atom stereocenters. The molecular weight excluding hydrogens is 308 g/mol. The van der Waals surface area contributed by atoms with E-state index in [2.05, 4.69) is 36.1 Å². The molecule has 0 radical (unpaired) electrons. The number of aromatic amines is 1. The van der Waals surface area contributed by atoms with E-state index in [4.69, 9.17) is 0 Å². The summed E-state index contributed by atoms with van der Waals surface area (Å²) < 4.78 is 0.990. The van der Waals surface area contributed by atoms with Crippen molar-refractivity contribution in [2.75, 3.05) is 0 Å². The molecule has 0 amide bonds. The lowest BCUT2D eigenvalue weighted by Gasteiger charge is -2.05. The van der Waals surface area contributed by atoms with Crippen LogP contribution in [0.15, 0.2) is 46.1 Å². The molecule has 0 spiro atoms. The molecule has 0 saturated heterocycles. The Kier molecular flexibility index (Phi) is 3.00. The first-order valence-corrected chi connectivity index (χ1v) is 6.34. The minimum Gasteiger partial charge on any atom is -0.507 e. The van der Waals surface area contributed by atoms with Gasteiger partial charge in [-0.1, -0.05) is 28.1 Å². The molecule has 19 heavy (non-hydrogen) atoms. The Balaban J connectivity index is 2.14. The second-order valence-electron chi connectivity index (χ2n) is 3.93. The minimum absolute atomic E-state index is 0.179. The molecule has 1 aromatic heterocycles. The van der Waals surface area contributed by atoms with Crippen LogP contribution < -0.4 is 0 Å². The van der Waals surface area contributed by atoms with E-state index in [9.17, 15) is 5.11 Å². The van der Waals surface area contributed by atoms with Crippen LogP contribution in [0.3, 0.4) is 0 Å². The lowest BCUT2D eigenvalue weighted by molar-refractivity contribution is 0.475. The molecule has 0 fully saturated rings. The van der Waals surface area contributed by atoms with E-state index in [1.54, 1.807) is 12.3 Å². The summed E-state index contributed by atoms with van der Waals surface area (Å²) in [4.78, 5) is 8.05. The molecule has 0 aliphatic rings. The van der Waals surface area contributed by atoms with Crippen LogP contribution in [0.25, 0.3) is 10.8 Å². The Hall–Kier alpha value is -2.21. The Morgan fingerprint density at radius 1 is 1.26 bits per heavy atom. The number of rotatable bonds is 2. The maximum absolute atomic E-state index is 9.96. The molecule has 94 valence electrons. The average molecular weight is 317 g/mol. The quantitative estimate of drug-likeness (QED) is 0.713. The van der Waals surface area contributed by atoms with Crippen molar-refractivity contribution in [3.63, 3.8) is 0 Å². The molecule has 2 N–H and O–H groups in total. The first-order chi connectivity index (χ1) is 9.24. The summed E-state index contributed by atoms with van der Waals surface area (Å²) in [6.45, 7) is 0. The van der Waals surface area contributed by atoms with Gasteiger partial charge in [-0.3, -0.25) is 0 Å². The molecular formula is C13H9BrN4O. The van der Waals surface area contributed by atoms with Crippen molar-refractivity contribution >= 4 is 38.9 Å². The number of halogens is 1. The van der Waals surface area contributed by atoms with Crippen LogP contribution in [0.5, 0.6) is 5.75 Å². The van der Waals surface area contributed by atoms with Gasteiger partial charge in [-0.25, -0.2) is 10.1 Å². The molecule has 0 atom stereocenters. The third kappa shape index (κ3) is 2.34. The van der Waals surface area contributed by atoms with E-state index in [0.29, 0.717) is 11.5 Å². The summed E-state index contributed by atoms with van der Waals surface area (Å²) in [6, 6.07) is 9.35. The van der Waals surface area contributed by atoms with Crippen LogP contribution in [0.2, 0.25) is 0 Å². The Morgan fingerprint density at radius 3 is 2.95 bits per heavy atom. The second kappa shape index (κ2) is 4.81. The minimum atomic E-state index is 0.179. The number of aliphatic imine (C=N–C) groups is 1. The number of aromatic nitrogens is 3.